The number of benzene rings is 1. The molecule has 30 heavy (non-hydrogen) atoms. The van der Waals surface area contributed by atoms with Crippen LogP contribution >= 0.6 is 23.2 Å². The molecule has 0 spiro atoms. The van der Waals surface area contributed by atoms with E-state index in [2.05, 4.69) is 10.1 Å². The lowest BCUT2D eigenvalue weighted by Crippen LogP contribution is -2.50. The number of rotatable bonds is 4. The van der Waals surface area contributed by atoms with Crippen molar-refractivity contribution in [3.8, 4) is 11.3 Å². The van der Waals surface area contributed by atoms with E-state index in [9.17, 15) is 13.2 Å². The number of carbonyl (C=O) groups is 1. The largest absolute Gasteiger partial charge is 0.355 e. The third-order valence-corrected chi connectivity index (χ3v) is 7.38. The van der Waals surface area contributed by atoms with E-state index < -0.39 is 10.0 Å². The van der Waals surface area contributed by atoms with Crippen molar-refractivity contribution in [2.24, 2.45) is 0 Å². The Kier molecular flexibility index (Phi) is 5.79. The quantitative estimate of drug-likeness (QED) is 0.585. The molecule has 1 aliphatic rings. The second-order valence-corrected chi connectivity index (χ2v) is 9.34. The van der Waals surface area contributed by atoms with Gasteiger partial charge in [0.2, 0.25) is 10.0 Å². The number of pyridine rings is 1. The molecular formula is C19H16Cl2N4O4S. The number of sulfonamides is 1. The molecule has 1 aromatic carbocycles. The zero-order chi connectivity index (χ0) is 21.3. The summed E-state index contributed by atoms with van der Waals surface area (Å²) in [6.45, 7) is 0.778. The number of carbonyl (C=O) groups excluding carboxylic acids is 1. The normalized spacial score (nSPS) is 15.3. The fraction of sp³-hybridized carbons (Fsp3) is 0.211. The molecule has 0 unspecified atom stereocenters. The third-order valence-electron chi connectivity index (χ3n) is 4.75. The predicted octanol–water partition coefficient (Wildman–Crippen LogP) is 3.19. The second-order valence-electron chi connectivity index (χ2n) is 6.58. The first-order valence-corrected chi connectivity index (χ1v) is 11.2. The minimum Gasteiger partial charge on any atom is -0.355 e. The maximum Gasteiger partial charge on any atom is 0.276 e. The second kappa shape index (κ2) is 8.35. The highest BCUT2D eigenvalue weighted by Gasteiger charge is 2.31. The van der Waals surface area contributed by atoms with Gasteiger partial charge in [0, 0.05) is 50.2 Å². The van der Waals surface area contributed by atoms with Crippen molar-refractivity contribution in [1.82, 2.24) is 19.3 Å². The van der Waals surface area contributed by atoms with E-state index in [1.807, 2.05) is 0 Å². The van der Waals surface area contributed by atoms with Crippen molar-refractivity contribution in [1.29, 1.82) is 0 Å². The van der Waals surface area contributed by atoms with E-state index in [1.54, 1.807) is 35.5 Å². The molecule has 1 saturated heterocycles. The van der Waals surface area contributed by atoms with E-state index in [0.29, 0.717) is 5.76 Å². The lowest BCUT2D eigenvalue weighted by molar-refractivity contribution is 0.0687. The summed E-state index contributed by atoms with van der Waals surface area (Å²) in [5.41, 5.74) is 0.927. The number of amides is 1. The first-order valence-electron chi connectivity index (χ1n) is 8.98. The molecule has 2 aromatic heterocycles. The molecule has 156 valence electrons. The van der Waals surface area contributed by atoms with Crippen molar-refractivity contribution >= 4 is 39.1 Å². The Morgan fingerprint density at radius 2 is 1.67 bits per heavy atom. The Balaban J connectivity index is 1.43. The van der Waals surface area contributed by atoms with Crippen LogP contribution in [0, 0.1) is 0 Å². The molecule has 11 heteroatoms. The average molecular weight is 467 g/mol. The summed E-state index contributed by atoms with van der Waals surface area (Å²) in [6.07, 6.45) is 3.24. The van der Waals surface area contributed by atoms with Crippen molar-refractivity contribution in [2.75, 3.05) is 26.2 Å². The number of nitrogens with zero attached hydrogens (tertiary/aromatic N) is 4. The SMILES string of the molecule is O=C(c1cc(-c2ccncc2)on1)N1CCN(S(=O)(=O)c2ccc(Cl)c(Cl)c2)CC1. The molecule has 3 aromatic rings. The Labute approximate surface area is 183 Å². The first-order chi connectivity index (χ1) is 14.4. The van der Waals surface area contributed by atoms with Gasteiger partial charge in [0.1, 0.15) is 0 Å². The minimum absolute atomic E-state index is 0.0650. The van der Waals surface area contributed by atoms with Gasteiger partial charge in [-0.3, -0.25) is 9.78 Å². The highest BCUT2D eigenvalue weighted by Crippen LogP contribution is 2.27. The topological polar surface area (TPSA) is 96.6 Å². The fourth-order valence-corrected chi connectivity index (χ4v) is 4.92. The van der Waals surface area contributed by atoms with Crippen LogP contribution in [0.1, 0.15) is 10.5 Å². The molecule has 0 radical (unpaired) electrons. The lowest BCUT2D eigenvalue weighted by atomic mass is 10.2. The molecular weight excluding hydrogens is 451 g/mol. The smallest absolute Gasteiger partial charge is 0.276 e. The predicted molar refractivity (Wildman–Crippen MR) is 111 cm³/mol. The Hall–Kier alpha value is -2.46. The van der Waals surface area contributed by atoms with Crippen molar-refractivity contribution in [3.05, 3.63) is 64.5 Å². The Morgan fingerprint density at radius 1 is 0.967 bits per heavy atom. The summed E-state index contributed by atoms with van der Waals surface area (Å²) in [4.78, 5) is 18.3. The van der Waals surface area contributed by atoms with Crippen LogP contribution in [0.3, 0.4) is 0 Å². The van der Waals surface area contributed by atoms with E-state index in [1.165, 1.54) is 22.5 Å². The number of aromatic nitrogens is 2. The highest BCUT2D eigenvalue weighted by molar-refractivity contribution is 7.89. The molecule has 0 N–H and O–H groups in total. The summed E-state index contributed by atoms with van der Waals surface area (Å²) < 4.78 is 32.3. The molecule has 3 heterocycles. The van der Waals surface area contributed by atoms with Crippen LogP contribution in [0.15, 0.2) is 58.2 Å². The molecule has 1 fully saturated rings. The standard InChI is InChI=1S/C19H16Cl2N4O4S/c20-15-2-1-14(11-16(15)21)30(27,28)25-9-7-24(8-10-25)19(26)17-12-18(29-23-17)13-3-5-22-6-4-13/h1-6,11-12H,7-10H2. The summed E-state index contributed by atoms with van der Waals surface area (Å²) in [5, 5.41) is 4.31. The van der Waals surface area contributed by atoms with E-state index in [0.717, 1.165) is 5.56 Å². The molecule has 8 nitrogen and oxygen atoms in total. The molecule has 1 amide bonds. The van der Waals surface area contributed by atoms with E-state index in [-0.39, 0.29) is 52.7 Å². The van der Waals surface area contributed by atoms with Crippen LogP contribution < -0.4 is 0 Å². The summed E-state index contributed by atoms with van der Waals surface area (Å²) in [6, 6.07) is 9.25. The van der Waals surface area contributed by atoms with Crippen LogP contribution in [0.4, 0.5) is 0 Å². The molecule has 4 rings (SSSR count). The third kappa shape index (κ3) is 4.06. The van der Waals surface area contributed by atoms with Gasteiger partial charge in [0.25, 0.3) is 5.91 Å². The van der Waals surface area contributed by atoms with E-state index in [4.69, 9.17) is 27.7 Å². The lowest BCUT2D eigenvalue weighted by Gasteiger charge is -2.33. The molecule has 0 aliphatic carbocycles. The fourth-order valence-electron chi connectivity index (χ4n) is 3.11. The van der Waals surface area contributed by atoms with Crippen LogP contribution in [-0.4, -0.2) is 59.8 Å². The van der Waals surface area contributed by atoms with Crippen molar-refractivity contribution in [2.45, 2.75) is 4.90 Å². The van der Waals surface area contributed by atoms with Gasteiger partial charge < -0.3 is 9.42 Å². The average Bonchev–Trinajstić information content (AvgIpc) is 3.26. The number of hydrogen-bond donors (Lipinski definition) is 0. The Morgan fingerprint density at radius 3 is 2.33 bits per heavy atom. The maximum atomic E-state index is 12.8. The van der Waals surface area contributed by atoms with Gasteiger partial charge in [-0.05, 0) is 30.3 Å². The van der Waals surface area contributed by atoms with E-state index >= 15 is 0 Å². The van der Waals surface area contributed by atoms with Gasteiger partial charge in [-0.2, -0.15) is 4.31 Å². The van der Waals surface area contributed by atoms with Crippen molar-refractivity contribution < 1.29 is 17.7 Å². The Bertz CT molecular complexity index is 1180. The minimum atomic E-state index is -3.73. The van der Waals surface area contributed by atoms with Gasteiger partial charge in [-0.15, -0.1) is 0 Å². The molecule has 0 bridgehead atoms. The van der Waals surface area contributed by atoms with Crippen LogP contribution in [0.25, 0.3) is 11.3 Å². The summed E-state index contributed by atoms with van der Waals surface area (Å²) in [7, 11) is -3.73. The van der Waals surface area contributed by atoms with Crippen LogP contribution in [0.5, 0.6) is 0 Å². The zero-order valence-corrected chi connectivity index (χ0v) is 17.9. The van der Waals surface area contributed by atoms with Gasteiger partial charge in [-0.25, -0.2) is 8.42 Å². The monoisotopic (exact) mass is 466 g/mol. The maximum absolute atomic E-state index is 12.8. The first kappa shape index (κ1) is 20.8. The van der Waals surface area contributed by atoms with Gasteiger partial charge in [0.05, 0.1) is 14.9 Å². The zero-order valence-electron chi connectivity index (χ0n) is 15.5. The molecule has 0 saturated carbocycles. The summed E-state index contributed by atoms with van der Waals surface area (Å²) >= 11 is 11.8. The highest BCUT2D eigenvalue weighted by atomic mass is 35.5. The van der Waals surface area contributed by atoms with Crippen LogP contribution in [-0.2, 0) is 10.0 Å². The van der Waals surface area contributed by atoms with Gasteiger partial charge in [-0.1, -0.05) is 28.4 Å². The van der Waals surface area contributed by atoms with Crippen LogP contribution in [0.2, 0.25) is 10.0 Å². The summed E-state index contributed by atoms with van der Waals surface area (Å²) in [5.74, 6) is 0.146. The van der Waals surface area contributed by atoms with Gasteiger partial charge >= 0.3 is 0 Å². The molecule has 1 aliphatic heterocycles. The molecule has 0 atom stereocenters. The number of hydrogen-bond acceptors (Lipinski definition) is 6. The number of halogens is 2. The number of piperazine rings is 1. The van der Waals surface area contributed by atoms with Gasteiger partial charge in [0.15, 0.2) is 11.5 Å². The van der Waals surface area contributed by atoms with Crippen molar-refractivity contribution in [3.63, 3.8) is 0 Å².